The minimum absolute atomic E-state index is 0.729. The Hall–Kier alpha value is -1.20. The first-order valence-corrected chi connectivity index (χ1v) is 7.97. The summed E-state index contributed by atoms with van der Waals surface area (Å²) in [5, 5.41) is 2.11. The molecule has 19 heavy (non-hydrogen) atoms. The van der Waals surface area contributed by atoms with Gasteiger partial charge in [-0.05, 0) is 37.3 Å². The molecule has 0 spiro atoms. The molecule has 2 aromatic rings. The fraction of sp³-hybridized carbons (Fsp3) is 0.571. The number of aromatic nitrogens is 2. The summed E-state index contributed by atoms with van der Waals surface area (Å²) in [6.07, 6.45) is 5.65. The van der Waals surface area contributed by atoms with Crippen LogP contribution in [0.25, 0.3) is 10.2 Å². The lowest BCUT2D eigenvalue weighted by atomic mass is 10.2. The predicted molar refractivity (Wildman–Crippen MR) is 78.8 cm³/mol. The van der Waals surface area contributed by atoms with Gasteiger partial charge < -0.3 is 4.90 Å². The maximum Gasteiger partial charge on any atom is 0.150 e. The van der Waals surface area contributed by atoms with Crippen molar-refractivity contribution in [2.24, 2.45) is 0 Å². The minimum Gasteiger partial charge on any atom is -0.354 e. The van der Waals surface area contributed by atoms with Crippen LogP contribution in [0, 0.1) is 0 Å². The number of hydrogen-bond acceptors (Lipinski definition) is 5. The van der Waals surface area contributed by atoms with Crippen LogP contribution in [0.4, 0.5) is 5.82 Å². The van der Waals surface area contributed by atoms with Gasteiger partial charge in [0.25, 0.3) is 0 Å². The van der Waals surface area contributed by atoms with E-state index in [-0.39, 0.29) is 0 Å². The van der Waals surface area contributed by atoms with E-state index in [4.69, 9.17) is 0 Å². The van der Waals surface area contributed by atoms with Crippen molar-refractivity contribution in [3.8, 4) is 0 Å². The molecular formula is C14H18N4S. The van der Waals surface area contributed by atoms with Crippen LogP contribution >= 0.6 is 11.3 Å². The molecule has 2 saturated heterocycles. The third kappa shape index (κ3) is 2.01. The van der Waals surface area contributed by atoms with Crippen LogP contribution in [0.3, 0.4) is 0 Å². The molecule has 1 atom stereocenters. The van der Waals surface area contributed by atoms with E-state index in [9.17, 15) is 0 Å². The largest absolute Gasteiger partial charge is 0.354 e. The van der Waals surface area contributed by atoms with Gasteiger partial charge in [0, 0.05) is 25.7 Å². The van der Waals surface area contributed by atoms with Gasteiger partial charge in [-0.3, -0.25) is 4.90 Å². The fourth-order valence-corrected chi connectivity index (χ4v) is 4.26. The first-order valence-electron chi connectivity index (χ1n) is 7.09. The van der Waals surface area contributed by atoms with Gasteiger partial charge in [-0.15, -0.1) is 11.3 Å². The first-order chi connectivity index (χ1) is 9.42. The molecule has 2 aromatic heterocycles. The van der Waals surface area contributed by atoms with Crippen molar-refractivity contribution >= 4 is 27.4 Å². The molecule has 0 bridgehead atoms. The molecule has 0 unspecified atom stereocenters. The zero-order valence-electron chi connectivity index (χ0n) is 11.0. The molecular weight excluding hydrogens is 256 g/mol. The van der Waals surface area contributed by atoms with Crippen LogP contribution in [-0.4, -0.2) is 47.1 Å². The van der Waals surface area contributed by atoms with Gasteiger partial charge in [0.05, 0.1) is 10.2 Å². The van der Waals surface area contributed by atoms with Gasteiger partial charge in [0.2, 0.25) is 0 Å². The van der Waals surface area contributed by atoms with Gasteiger partial charge in [-0.25, -0.2) is 9.97 Å². The first kappa shape index (κ1) is 11.6. The summed E-state index contributed by atoms with van der Waals surface area (Å²) >= 11 is 1.76. The summed E-state index contributed by atoms with van der Waals surface area (Å²) in [5.41, 5.74) is 1.09. The van der Waals surface area contributed by atoms with E-state index in [0.29, 0.717) is 0 Å². The van der Waals surface area contributed by atoms with Gasteiger partial charge in [0.1, 0.15) is 12.1 Å². The second-order valence-electron chi connectivity index (χ2n) is 5.46. The molecule has 5 heteroatoms. The van der Waals surface area contributed by atoms with Crippen molar-refractivity contribution in [3.63, 3.8) is 0 Å². The van der Waals surface area contributed by atoms with Gasteiger partial charge in [-0.2, -0.15) is 0 Å². The summed E-state index contributed by atoms with van der Waals surface area (Å²) in [5.74, 6) is 1.15. The average Bonchev–Trinajstić information content (AvgIpc) is 3.03. The fourth-order valence-electron chi connectivity index (χ4n) is 3.40. The Bertz CT molecular complexity index is 582. The van der Waals surface area contributed by atoms with Crippen LogP contribution in [-0.2, 0) is 0 Å². The number of nitrogens with zero attached hydrogens (tertiary/aromatic N) is 4. The monoisotopic (exact) mass is 274 g/mol. The zero-order chi connectivity index (χ0) is 12.7. The van der Waals surface area contributed by atoms with Crippen molar-refractivity contribution < 1.29 is 0 Å². The molecule has 0 saturated carbocycles. The highest BCUT2D eigenvalue weighted by molar-refractivity contribution is 7.17. The SMILES string of the molecule is c1nc(N2CCCN3CCC[C@@H]3C2)c2sccc2n1. The molecule has 0 N–H and O–H groups in total. The summed E-state index contributed by atoms with van der Waals surface area (Å²) in [6.45, 7) is 4.79. The Morgan fingerprint density at radius 2 is 2.11 bits per heavy atom. The Kier molecular flexibility index (Phi) is 2.89. The normalized spacial score (nSPS) is 24.6. The van der Waals surface area contributed by atoms with Crippen LogP contribution in [0.5, 0.6) is 0 Å². The van der Waals surface area contributed by atoms with Gasteiger partial charge >= 0.3 is 0 Å². The summed E-state index contributed by atoms with van der Waals surface area (Å²) < 4.78 is 1.24. The Morgan fingerprint density at radius 1 is 1.16 bits per heavy atom. The van der Waals surface area contributed by atoms with Crippen LogP contribution in [0.2, 0.25) is 0 Å². The molecule has 0 aromatic carbocycles. The molecule has 0 aliphatic carbocycles. The molecule has 4 rings (SSSR count). The van der Waals surface area contributed by atoms with Gasteiger partial charge in [-0.1, -0.05) is 0 Å². The van der Waals surface area contributed by atoms with Crippen LogP contribution in [0.1, 0.15) is 19.3 Å². The number of thiophene rings is 1. The summed E-state index contributed by atoms with van der Waals surface area (Å²) in [7, 11) is 0. The summed E-state index contributed by atoms with van der Waals surface area (Å²) in [6, 6.07) is 2.82. The standard InChI is InChI=1S/C14H18N4S/c1-3-11-9-18(7-2-6-17(11)5-1)14-13-12(4-8-19-13)15-10-16-14/h4,8,10-11H,1-3,5-7,9H2/t11-/m1/s1. The smallest absolute Gasteiger partial charge is 0.150 e. The second-order valence-corrected chi connectivity index (χ2v) is 6.38. The second kappa shape index (κ2) is 4.72. The quantitative estimate of drug-likeness (QED) is 0.799. The Morgan fingerprint density at radius 3 is 3.11 bits per heavy atom. The molecule has 0 radical (unpaired) electrons. The van der Waals surface area contributed by atoms with E-state index in [1.807, 2.05) is 0 Å². The maximum atomic E-state index is 4.57. The molecule has 4 nitrogen and oxygen atoms in total. The lowest BCUT2D eigenvalue weighted by Gasteiger charge is -2.26. The number of rotatable bonds is 1. The minimum atomic E-state index is 0.729. The highest BCUT2D eigenvalue weighted by Gasteiger charge is 2.29. The van der Waals surface area contributed by atoms with E-state index in [2.05, 4.69) is 31.2 Å². The third-order valence-electron chi connectivity index (χ3n) is 4.33. The van der Waals surface area contributed by atoms with E-state index < -0.39 is 0 Å². The zero-order valence-corrected chi connectivity index (χ0v) is 11.8. The van der Waals surface area contributed by atoms with E-state index >= 15 is 0 Å². The number of fused-ring (bicyclic) bond motifs is 2. The predicted octanol–water partition coefficient (Wildman–Crippen LogP) is 2.37. The highest BCUT2D eigenvalue weighted by Crippen LogP contribution is 2.30. The third-order valence-corrected chi connectivity index (χ3v) is 5.23. The van der Waals surface area contributed by atoms with Crippen molar-refractivity contribution in [2.45, 2.75) is 25.3 Å². The lowest BCUT2D eigenvalue weighted by molar-refractivity contribution is 0.273. The highest BCUT2D eigenvalue weighted by atomic mass is 32.1. The molecule has 4 heterocycles. The molecule has 2 aliphatic heterocycles. The van der Waals surface area contributed by atoms with Crippen molar-refractivity contribution in [2.75, 3.05) is 31.1 Å². The Balaban J connectivity index is 1.69. The van der Waals surface area contributed by atoms with E-state index in [0.717, 1.165) is 30.5 Å². The lowest BCUT2D eigenvalue weighted by Crippen LogP contribution is -2.37. The number of hydrogen-bond donors (Lipinski definition) is 0. The number of anilines is 1. The Labute approximate surface area is 117 Å². The van der Waals surface area contributed by atoms with Crippen LogP contribution in [0.15, 0.2) is 17.8 Å². The maximum absolute atomic E-state index is 4.57. The average molecular weight is 274 g/mol. The van der Waals surface area contributed by atoms with Crippen molar-refractivity contribution in [3.05, 3.63) is 17.8 Å². The van der Waals surface area contributed by atoms with Gasteiger partial charge in [0.15, 0.2) is 0 Å². The molecule has 100 valence electrons. The summed E-state index contributed by atoms with van der Waals surface area (Å²) in [4.78, 5) is 14.1. The van der Waals surface area contributed by atoms with Crippen molar-refractivity contribution in [1.82, 2.24) is 14.9 Å². The molecule has 2 fully saturated rings. The van der Waals surface area contributed by atoms with E-state index in [1.165, 1.54) is 37.1 Å². The van der Waals surface area contributed by atoms with E-state index in [1.54, 1.807) is 17.7 Å². The van der Waals surface area contributed by atoms with Crippen molar-refractivity contribution in [1.29, 1.82) is 0 Å². The molecule has 0 amide bonds. The topological polar surface area (TPSA) is 32.3 Å². The molecule has 2 aliphatic rings. The van der Waals surface area contributed by atoms with Crippen LogP contribution < -0.4 is 4.90 Å².